The van der Waals surface area contributed by atoms with Gasteiger partial charge in [-0.05, 0) is 60.7 Å². The summed E-state index contributed by atoms with van der Waals surface area (Å²) >= 11 is 19.0. The quantitative estimate of drug-likeness (QED) is 0.244. The van der Waals surface area contributed by atoms with Gasteiger partial charge in [-0.2, -0.15) is 0 Å². The number of nitrogens with zero attached hydrogens (tertiary/aromatic N) is 2. The number of hydrogen-bond acceptors (Lipinski definition) is 4. The van der Waals surface area contributed by atoms with Gasteiger partial charge in [0.25, 0.3) is 0 Å². The smallest absolute Gasteiger partial charge is 0.244 e. The zero-order chi connectivity index (χ0) is 31.1. The van der Waals surface area contributed by atoms with Crippen LogP contribution in [0.1, 0.15) is 48.8 Å². The third kappa shape index (κ3) is 9.11. The van der Waals surface area contributed by atoms with Crippen molar-refractivity contribution in [3.05, 3.63) is 98.5 Å². The van der Waals surface area contributed by atoms with Crippen molar-refractivity contribution in [1.82, 2.24) is 10.2 Å². The highest BCUT2D eigenvalue weighted by atomic mass is 35.5. The van der Waals surface area contributed by atoms with Crippen molar-refractivity contribution in [3.63, 3.8) is 0 Å². The van der Waals surface area contributed by atoms with Crippen molar-refractivity contribution in [2.75, 3.05) is 17.1 Å². The van der Waals surface area contributed by atoms with Crippen molar-refractivity contribution in [2.24, 2.45) is 0 Å². The summed E-state index contributed by atoms with van der Waals surface area (Å²) in [7, 11) is -3.91. The molecule has 1 saturated carbocycles. The first-order valence-corrected chi connectivity index (χ1v) is 17.2. The summed E-state index contributed by atoms with van der Waals surface area (Å²) in [6.45, 7) is 1.24. The van der Waals surface area contributed by atoms with Crippen LogP contribution in [0, 0.1) is 6.92 Å². The van der Waals surface area contributed by atoms with Gasteiger partial charge in [-0.1, -0.05) is 96.5 Å². The maximum atomic E-state index is 14.3. The molecule has 7 nitrogen and oxygen atoms in total. The maximum Gasteiger partial charge on any atom is 0.244 e. The first kappa shape index (κ1) is 33.1. The molecule has 1 atom stereocenters. The minimum atomic E-state index is -3.91. The first-order chi connectivity index (χ1) is 20.4. The summed E-state index contributed by atoms with van der Waals surface area (Å²) in [6, 6.07) is 18.3. The molecule has 0 radical (unpaired) electrons. The van der Waals surface area contributed by atoms with Crippen molar-refractivity contribution < 1.29 is 18.0 Å². The fourth-order valence-electron chi connectivity index (χ4n) is 5.28. The van der Waals surface area contributed by atoms with Gasteiger partial charge in [0, 0.05) is 34.1 Å². The Kier molecular flexibility index (Phi) is 11.4. The fraction of sp³-hybridized carbons (Fsp3) is 0.375. The average Bonchev–Trinajstić information content (AvgIpc) is 2.96. The fourth-order valence-corrected chi connectivity index (χ4v) is 6.77. The molecule has 2 amide bonds. The molecule has 230 valence electrons. The second-order valence-electron chi connectivity index (χ2n) is 11.0. The summed E-state index contributed by atoms with van der Waals surface area (Å²) < 4.78 is 27.0. The summed E-state index contributed by atoms with van der Waals surface area (Å²) in [4.78, 5) is 29.7. The van der Waals surface area contributed by atoms with Crippen LogP contribution in [0.5, 0.6) is 0 Å². The second kappa shape index (κ2) is 14.8. The van der Waals surface area contributed by atoms with Gasteiger partial charge >= 0.3 is 0 Å². The van der Waals surface area contributed by atoms with Gasteiger partial charge < -0.3 is 10.2 Å². The maximum absolute atomic E-state index is 14.3. The van der Waals surface area contributed by atoms with Crippen LogP contribution in [0.25, 0.3) is 0 Å². The Hall–Kier alpha value is -2.78. The number of carbonyl (C=O) groups excluding carboxylic acids is 2. The summed E-state index contributed by atoms with van der Waals surface area (Å²) in [5.41, 5.74) is 2.46. The number of nitrogens with one attached hydrogen (secondary N) is 1. The van der Waals surface area contributed by atoms with Crippen LogP contribution in [-0.4, -0.2) is 50.0 Å². The summed E-state index contributed by atoms with van der Waals surface area (Å²) in [5.74, 6) is -0.855. The van der Waals surface area contributed by atoms with E-state index in [-0.39, 0.29) is 30.6 Å². The molecule has 0 spiro atoms. The van der Waals surface area contributed by atoms with Crippen molar-refractivity contribution in [2.45, 2.75) is 64.1 Å². The number of anilines is 1. The van der Waals surface area contributed by atoms with Gasteiger partial charge in [0.15, 0.2) is 0 Å². The van der Waals surface area contributed by atoms with E-state index in [0.29, 0.717) is 20.6 Å². The van der Waals surface area contributed by atoms with Crippen molar-refractivity contribution >= 4 is 62.3 Å². The predicted molar refractivity (Wildman–Crippen MR) is 174 cm³/mol. The molecule has 3 aromatic carbocycles. The highest BCUT2D eigenvalue weighted by Gasteiger charge is 2.34. The number of sulfonamides is 1. The van der Waals surface area contributed by atoms with Crippen LogP contribution < -0.4 is 9.62 Å². The summed E-state index contributed by atoms with van der Waals surface area (Å²) in [6.07, 6.45) is 6.19. The van der Waals surface area contributed by atoms with E-state index in [1.54, 1.807) is 37.3 Å². The number of carbonyl (C=O) groups is 2. The molecule has 1 fully saturated rings. The van der Waals surface area contributed by atoms with Crippen LogP contribution >= 0.6 is 34.8 Å². The lowest BCUT2D eigenvalue weighted by molar-refractivity contribution is -0.140. The van der Waals surface area contributed by atoms with Crippen molar-refractivity contribution in [3.8, 4) is 0 Å². The molecule has 43 heavy (non-hydrogen) atoms. The zero-order valence-corrected chi connectivity index (χ0v) is 27.3. The molecule has 1 aliphatic carbocycles. The van der Waals surface area contributed by atoms with Crippen LogP contribution in [0.3, 0.4) is 0 Å². The monoisotopic (exact) mass is 663 g/mol. The molecule has 0 unspecified atom stereocenters. The molecule has 3 aromatic rings. The molecule has 0 heterocycles. The third-order valence-electron chi connectivity index (χ3n) is 7.70. The minimum absolute atomic E-state index is 0.0119. The normalized spacial score (nSPS) is 14.6. The van der Waals surface area contributed by atoms with Crippen LogP contribution in [0.15, 0.2) is 66.7 Å². The topological polar surface area (TPSA) is 86.8 Å². The van der Waals surface area contributed by atoms with Crippen LogP contribution in [0.2, 0.25) is 15.1 Å². The molecular formula is C32H36Cl3N3O4S. The molecule has 1 aliphatic rings. The molecule has 4 rings (SSSR count). The van der Waals surface area contributed by atoms with Gasteiger partial charge in [-0.15, -0.1) is 0 Å². The lowest BCUT2D eigenvalue weighted by atomic mass is 9.94. The Morgan fingerprint density at radius 1 is 0.930 bits per heavy atom. The van der Waals surface area contributed by atoms with Crippen molar-refractivity contribution in [1.29, 1.82) is 0 Å². The van der Waals surface area contributed by atoms with Gasteiger partial charge in [0.2, 0.25) is 21.8 Å². The van der Waals surface area contributed by atoms with E-state index in [0.717, 1.165) is 53.8 Å². The van der Waals surface area contributed by atoms with E-state index in [1.165, 1.54) is 11.0 Å². The Morgan fingerprint density at radius 2 is 1.63 bits per heavy atom. The van der Waals surface area contributed by atoms with E-state index in [9.17, 15) is 18.0 Å². The average molecular weight is 665 g/mol. The number of hydrogen-bond donors (Lipinski definition) is 1. The lowest BCUT2D eigenvalue weighted by Gasteiger charge is -2.35. The Labute approximate surface area is 269 Å². The minimum Gasteiger partial charge on any atom is -0.352 e. The number of halogens is 3. The second-order valence-corrected chi connectivity index (χ2v) is 14.2. The molecule has 0 aromatic heterocycles. The Bertz CT molecular complexity index is 1550. The predicted octanol–water partition coefficient (Wildman–Crippen LogP) is 6.81. The van der Waals surface area contributed by atoms with Gasteiger partial charge in [-0.3, -0.25) is 13.9 Å². The lowest BCUT2D eigenvalue weighted by Crippen LogP contribution is -2.55. The van der Waals surface area contributed by atoms with Crippen LogP contribution in [-0.2, 0) is 32.6 Å². The van der Waals surface area contributed by atoms with Crippen LogP contribution in [0.4, 0.5) is 5.69 Å². The highest BCUT2D eigenvalue weighted by Crippen LogP contribution is 2.28. The van der Waals surface area contributed by atoms with Gasteiger partial charge in [-0.25, -0.2) is 8.42 Å². The van der Waals surface area contributed by atoms with E-state index in [2.05, 4.69) is 5.32 Å². The number of amides is 2. The van der Waals surface area contributed by atoms with E-state index in [1.807, 2.05) is 30.3 Å². The largest absolute Gasteiger partial charge is 0.352 e. The molecule has 0 aliphatic heterocycles. The molecular weight excluding hydrogens is 629 g/mol. The van der Waals surface area contributed by atoms with E-state index >= 15 is 0 Å². The molecule has 0 bridgehead atoms. The Balaban J connectivity index is 1.75. The third-order valence-corrected chi connectivity index (χ3v) is 9.84. The molecule has 1 N–H and O–H groups in total. The summed E-state index contributed by atoms with van der Waals surface area (Å²) in [5, 5.41) is 4.32. The molecule has 11 heteroatoms. The van der Waals surface area contributed by atoms with E-state index in [4.69, 9.17) is 34.8 Å². The number of aryl methyl sites for hydroxylation is 1. The van der Waals surface area contributed by atoms with E-state index < -0.39 is 28.5 Å². The zero-order valence-electron chi connectivity index (χ0n) is 24.2. The number of rotatable bonds is 11. The Morgan fingerprint density at radius 3 is 2.26 bits per heavy atom. The molecule has 0 saturated heterocycles. The number of benzene rings is 3. The highest BCUT2D eigenvalue weighted by molar-refractivity contribution is 7.92. The van der Waals surface area contributed by atoms with Gasteiger partial charge in [0.05, 0.1) is 11.9 Å². The van der Waals surface area contributed by atoms with Gasteiger partial charge in [0.1, 0.15) is 12.6 Å². The standard InChI is InChI=1S/C32H36Cl3N3O4S/c1-22-13-16-27(19-28(22)34)38(43(2,41)42)21-31(39)37(20-24-14-15-25(33)18-29(24)35)30(17-23-9-5-3-6-10-23)32(40)36-26-11-7-4-8-12-26/h3,5-6,9-10,13-16,18-19,26,30H,4,7-8,11-12,17,20-21H2,1-2H3,(H,36,40)/t30-/m1/s1. The SMILES string of the molecule is Cc1ccc(N(CC(=O)N(Cc2ccc(Cl)cc2Cl)[C@H](Cc2ccccc2)C(=O)NC2CCCCC2)S(C)(=O)=O)cc1Cl. The first-order valence-electron chi connectivity index (χ1n) is 14.2.